The summed E-state index contributed by atoms with van der Waals surface area (Å²) in [5, 5.41) is 4.42. The minimum atomic E-state index is -4.00. The normalized spacial score (nSPS) is 11.3. The molecule has 0 aliphatic rings. The van der Waals surface area contributed by atoms with Crippen molar-refractivity contribution < 1.29 is 22.1 Å². The van der Waals surface area contributed by atoms with E-state index in [1.54, 1.807) is 48.5 Å². The minimum Gasteiger partial charge on any atom is -0.493 e. The molecule has 3 aromatic rings. The van der Waals surface area contributed by atoms with Crippen LogP contribution in [0.5, 0.6) is 11.5 Å². The SMILES string of the molecule is COc1cc(/C=N/NC(=O)c2ccc(Cl)cc2)ccc1OS(=O)(=O)c1ccccc1. The van der Waals surface area contributed by atoms with Crippen LogP contribution in [0.4, 0.5) is 0 Å². The van der Waals surface area contributed by atoms with Crippen molar-refractivity contribution >= 4 is 33.8 Å². The molecule has 0 unspecified atom stereocenters. The second-order valence-corrected chi connectivity index (χ2v) is 7.95. The lowest BCUT2D eigenvalue weighted by atomic mass is 10.2. The summed E-state index contributed by atoms with van der Waals surface area (Å²) in [6, 6.07) is 18.7. The Hall–Kier alpha value is -3.36. The van der Waals surface area contributed by atoms with Crippen molar-refractivity contribution in [1.82, 2.24) is 5.43 Å². The first kappa shape index (κ1) is 21.4. The Kier molecular flexibility index (Phi) is 6.71. The standard InChI is InChI=1S/C21H17ClN2O5S/c1-28-20-13-15(14-23-24-21(25)16-8-10-17(22)11-9-16)7-12-19(20)29-30(26,27)18-5-3-2-4-6-18/h2-14H,1H3,(H,24,25)/b23-14+. The monoisotopic (exact) mass is 444 g/mol. The van der Waals surface area contributed by atoms with E-state index in [0.29, 0.717) is 16.1 Å². The second-order valence-electron chi connectivity index (χ2n) is 5.97. The third-order valence-electron chi connectivity index (χ3n) is 3.91. The van der Waals surface area contributed by atoms with E-state index in [1.165, 1.54) is 37.6 Å². The van der Waals surface area contributed by atoms with Crippen LogP contribution in [0, 0.1) is 0 Å². The fourth-order valence-electron chi connectivity index (χ4n) is 2.42. The van der Waals surface area contributed by atoms with Gasteiger partial charge in [-0.3, -0.25) is 4.79 Å². The fraction of sp³-hybridized carbons (Fsp3) is 0.0476. The van der Waals surface area contributed by atoms with Gasteiger partial charge < -0.3 is 8.92 Å². The number of hydrazone groups is 1. The number of rotatable bonds is 7. The summed E-state index contributed by atoms with van der Waals surface area (Å²) in [5.74, 6) is -0.171. The molecule has 9 heteroatoms. The molecule has 154 valence electrons. The molecule has 3 aromatic carbocycles. The van der Waals surface area contributed by atoms with Crippen molar-refractivity contribution in [2.75, 3.05) is 7.11 Å². The van der Waals surface area contributed by atoms with Gasteiger partial charge >= 0.3 is 10.1 Å². The van der Waals surface area contributed by atoms with Crippen LogP contribution in [0.2, 0.25) is 5.02 Å². The summed E-state index contributed by atoms with van der Waals surface area (Å²) in [6.07, 6.45) is 1.39. The Morgan fingerprint density at radius 2 is 1.70 bits per heavy atom. The molecule has 0 aliphatic heterocycles. The topological polar surface area (TPSA) is 94.1 Å². The average molecular weight is 445 g/mol. The van der Waals surface area contributed by atoms with Gasteiger partial charge in [0, 0.05) is 10.6 Å². The molecular weight excluding hydrogens is 428 g/mol. The van der Waals surface area contributed by atoms with Crippen LogP contribution in [0.3, 0.4) is 0 Å². The molecule has 0 fully saturated rings. The van der Waals surface area contributed by atoms with E-state index in [4.69, 9.17) is 20.5 Å². The zero-order valence-corrected chi connectivity index (χ0v) is 17.4. The number of benzene rings is 3. The first-order valence-corrected chi connectivity index (χ1v) is 10.4. The first-order valence-electron chi connectivity index (χ1n) is 8.65. The molecule has 1 amide bonds. The van der Waals surface area contributed by atoms with Gasteiger partial charge in [0.25, 0.3) is 5.91 Å². The average Bonchev–Trinajstić information content (AvgIpc) is 2.75. The lowest BCUT2D eigenvalue weighted by Gasteiger charge is -2.11. The third kappa shape index (κ3) is 5.37. The smallest absolute Gasteiger partial charge is 0.339 e. The summed E-state index contributed by atoms with van der Waals surface area (Å²) in [5.41, 5.74) is 3.37. The van der Waals surface area contributed by atoms with Gasteiger partial charge in [0.1, 0.15) is 4.90 Å². The van der Waals surface area contributed by atoms with Crippen molar-refractivity contribution in [1.29, 1.82) is 0 Å². The minimum absolute atomic E-state index is 0.0302. The van der Waals surface area contributed by atoms with Crippen LogP contribution in [-0.2, 0) is 10.1 Å². The highest BCUT2D eigenvalue weighted by Crippen LogP contribution is 2.30. The molecule has 1 N–H and O–H groups in total. The molecule has 0 saturated heterocycles. The highest BCUT2D eigenvalue weighted by Gasteiger charge is 2.18. The Balaban J connectivity index is 1.71. The van der Waals surface area contributed by atoms with Crippen LogP contribution in [0.15, 0.2) is 82.8 Å². The zero-order chi connectivity index (χ0) is 21.6. The molecule has 0 saturated carbocycles. The molecule has 30 heavy (non-hydrogen) atoms. The lowest BCUT2D eigenvalue weighted by Crippen LogP contribution is -2.17. The predicted octanol–water partition coefficient (Wildman–Crippen LogP) is 3.88. The van der Waals surface area contributed by atoms with Crippen molar-refractivity contribution in [3.8, 4) is 11.5 Å². The molecule has 0 heterocycles. The Morgan fingerprint density at radius 1 is 1.00 bits per heavy atom. The van der Waals surface area contributed by atoms with Crippen molar-refractivity contribution in [2.24, 2.45) is 5.10 Å². The van der Waals surface area contributed by atoms with Gasteiger partial charge in [-0.25, -0.2) is 5.43 Å². The maximum Gasteiger partial charge on any atom is 0.339 e. The van der Waals surface area contributed by atoms with Crippen LogP contribution < -0.4 is 14.3 Å². The number of ether oxygens (including phenoxy) is 1. The summed E-state index contributed by atoms with van der Waals surface area (Å²) in [4.78, 5) is 12.1. The molecule has 0 bridgehead atoms. The Labute approximate surface area is 179 Å². The van der Waals surface area contributed by atoms with Crippen molar-refractivity contribution in [3.63, 3.8) is 0 Å². The summed E-state index contributed by atoms with van der Waals surface area (Å²) >= 11 is 5.80. The predicted molar refractivity (Wildman–Crippen MR) is 114 cm³/mol. The molecular formula is C21H17ClN2O5S. The van der Waals surface area contributed by atoms with Gasteiger partial charge in [0.15, 0.2) is 11.5 Å². The summed E-state index contributed by atoms with van der Waals surface area (Å²) < 4.78 is 35.2. The maximum atomic E-state index is 12.4. The van der Waals surface area contributed by atoms with E-state index < -0.39 is 16.0 Å². The number of carbonyl (C=O) groups is 1. The van der Waals surface area contributed by atoms with E-state index in [9.17, 15) is 13.2 Å². The number of carbonyl (C=O) groups excluding carboxylic acids is 1. The molecule has 0 aliphatic carbocycles. The molecule has 0 radical (unpaired) electrons. The van der Waals surface area contributed by atoms with Gasteiger partial charge in [0.2, 0.25) is 0 Å². The van der Waals surface area contributed by atoms with Crippen LogP contribution in [-0.4, -0.2) is 27.6 Å². The van der Waals surface area contributed by atoms with E-state index in [0.717, 1.165) is 0 Å². The quantitative estimate of drug-likeness (QED) is 0.339. The number of nitrogens with one attached hydrogen (secondary N) is 1. The van der Waals surface area contributed by atoms with E-state index in [-0.39, 0.29) is 16.4 Å². The van der Waals surface area contributed by atoms with Crippen molar-refractivity contribution in [3.05, 3.63) is 88.9 Å². The van der Waals surface area contributed by atoms with Gasteiger partial charge in [-0.2, -0.15) is 13.5 Å². The molecule has 0 atom stereocenters. The van der Waals surface area contributed by atoms with Crippen LogP contribution in [0.25, 0.3) is 0 Å². The summed E-state index contributed by atoms with van der Waals surface area (Å²) in [6.45, 7) is 0. The molecule has 0 spiro atoms. The first-order chi connectivity index (χ1) is 14.4. The van der Waals surface area contributed by atoms with E-state index in [2.05, 4.69) is 10.5 Å². The van der Waals surface area contributed by atoms with Crippen LogP contribution in [0.1, 0.15) is 15.9 Å². The van der Waals surface area contributed by atoms with E-state index >= 15 is 0 Å². The molecule has 3 rings (SSSR count). The van der Waals surface area contributed by atoms with Gasteiger partial charge in [0.05, 0.1) is 13.3 Å². The van der Waals surface area contributed by atoms with Crippen LogP contribution >= 0.6 is 11.6 Å². The fourth-order valence-corrected chi connectivity index (χ4v) is 3.50. The van der Waals surface area contributed by atoms with Gasteiger partial charge in [-0.05, 0) is 60.2 Å². The number of methoxy groups -OCH3 is 1. The molecule has 0 aromatic heterocycles. The van der Waals surface area contributed by atoms with Gasteiger partial charge in [-0.1, -0.05) is 29.8 Å². The Morgan fingerprint density at radius 3 is 2.37 bits per heavy atom. The number of halogens is 1. The number of hydrogen-bond donors (Lipinski definition) is 1. The lowest BCUT2D eigenvalue weighted by molar-refractivity contribution is 0.0955. The highest BCUT2D eigenvalue weighted by molar-refractivity contribution is 7.87. The summed E-state index contributed by atoms with van der Waals surface area (Å²) in [7, 11) is -2.61. The third-order valence-corrected chi connectivity index (χ3v) is 5.41. The second kappa shape index (κ2) is 9.43. The van der Waals surface area contributed by atoms with Crippen molar-refractivity contribution in [2.45, 2.75) is 4.90 Å². The van der Waals surface area contributed by atoms with E-state index in [1.807, 2.05) is 0 Å². The number of hydrogen-bond acceptors (Lipinski definition) is 6. The zero-order valence-electron chi connectivity index (χ0n) is 15.8. The Bertz CT molecular complexity index is 1160. The highest BCUT2D eigenvalue weighted by atomic mass is 35.5. The van der Waals surface area contributed by atoms with Gasteiger partial charge in [-0.15, -0.1) is 0 Å². The maximum absolute atomic E-state index is 12.4. The number of nitrogens with zero attached hydrogens (tertiary/aromatic N) is 1. The largest absolute Gasteiger partial charge is 0.493 e. The molecule has 7 nitrogen and oxygen atoms in total. The number of amides is 1.